The molecule has 0 saturated carbocycles. The fourth-order valence-electron chi connectivity index (χ4n) is 3.76. The summed E-state index contributed by atoms with van der Waals surface area (Å²) in [4.78, 5) is 19.1. The summed E-state index contributed by atoms with van der Waals surface area (Å²) in [5.41, 5.74) is 1.06. The molecule has 24 heavy (non-hydrogen) atoms. The summed E-state index contributed by atoms with van der Waals surface area (Å²) in [6, 6.07) is 6.49. The van der Waals surface area contributed by atoms with Gasteiger partial charge in [-0.15, -0.1) is 0 Å². The van der Waals surface area contributed by atoms with Gasteiger partial charge in [0, 0.05) is 31.2 Å². The minimum Gasteiger partial charge on any atom is -0.356 e. The number of amides is 1. The number of aryl methyl sites for hydroxylation is 1. The zero-order valence-electron chi connectivity index (χ0n) is 14.8. The number of nitrogens with zero attached hydrogens (tertiary/aromatic N) is 2. The molecular weight excluding hydrogens is 300 g/mol. The van der Waals surface area contributed by atoms with E-state index in [1.54, 1.807) is 0 Å². The van der Waals surface area contributed by atoms with Gasteiger partial charge in [-0.25, -0.2) is 4.98 Å². The van der Waals surface area contributed by atoms with Crippen LogP contribution in [0.3, 0.4) is 0 Å². The molecule has 0 bridgehead atoms. The fourth-order valence-corrected chi connectivity index (χ4v) is 3.76. The third-order valence-electron chi connectivity index (χ3n) is 5.30. The lowest BCUT2D eigenvalue weighted by Gasteiger charge is -2.33. The SMILES string of the molecule is Cc1cccc(N2CCC(NC(=O)CCC3CCNCC3)CC2)n1. The minimum absolute atomic E-state index is 0.237. The van der Waals surface area contributed by atoms with Crippen molar-refractivity contribution in [1.29, 1.82) is 0 Å². The smallest absolute Gasteiger partial charge is 0.220 e. The number of aromatic nitrogens is 1. The van der Waals surface area contributed by atoms with Crippen LogP contribution in [-0.2, 0) is 4.79 Å². The van der Waals surface area contributed by atoms with Crippen molar-refractivity contribution in [2.75, 3.05) is 31.1 Å². The van der Waals surface area contributed by atoms with Gasteiger partial charge in [-0.05, 0) is 70.2 Å². The van der Waals surface area contributed by atoms with E-state index in [9.17, 15) is 4.79 Å². The number of carbonyl (C=O) groups is 1. The van der Waals surface area contributed by atoms with Gasteiger partial charge in [-0.3, -0.25) is 4.79 Å². The van der Waals surface area contributed by atoms with Gasteiger partial charge in [0.25, 0.3) is 0 Å². The molecule has 0 radical (unpaired) electrons. The summed E-state index contributed by atoms with van der Waals surface area (Å²) in [5.74, 6) is 2.03. The van der Waals surface area contributed by atoms with E-state index in [0.717, 1.165) is 62.9 Å². The molecule has 0 spiro atoms. The topological polar surface area (TPSA) is 57.3 Å². The molecule has 2 saturated heterocycles. The zero-order valence-corrected chi connectivity index (χ0v) is 14.8. The maximum absolute atomic E-state index is 12.2. The van der Waals surface area contributed by atoms with Crippen molar-refractivity contribution in [2.24, 2.45) is 5.92 Å². The summed E-state index contributed by atoms with van der Waals surface area (Å²) < 4.78 is 0. The van der Waals surface area contributed by atoms with Crippen LogP contribution < -0.4 is 15.5 Å². The van der Waals surface area contributed by atoms with Gasteiger partial charge in [0.1, 0.15) is 5.82 Å². The largest absolute Gasteiger partial charge is 0.356 e. The van der Waals surface area contributed by atoms with Gasteiger partial charge in [0.2, 0.25) is 5.91 Å². The Morgan fingerprint density at radius 3 is 2.71 bits per heavy atom. The number of anilines is 1. The van der Waals surface area contributed by atoms with E-state index in [2.05, 4.69) is 32.7 Å². The van der Waals surface area contributed by atoms with Gasteiger partial charge in [-0.1, -0.05) is 6.07 Å². The molecule has 3 rings (SSSR count). The number of nitrogens with one attached hydrogen (secondary N) is 2. The summed E-state index contributed by atoms with van der Waals surface area (Å²) in [5, 5.41) is 6.62. The fraction of sp³-hybridized carbons (Fsp3) is 0.684. The minimum atomic E-state index is 0.237. The maximum Gasteiger partial charge on any atom is 0.220 e. The number of piperidine rings is 2. The predicted octanol–water partition coefficient (Wildman–Crippen LogP) is 2.25. The number of hydrogen-bond donors (Lipinski definition) is 2. The predicted molar refractivity (Wildman–Crippen MR) is 97.2 cm³/mol. The third-order valence-corrected chi connectivity index (χ3v) is 5.30. The van der Waals surface area contributed by atoms with Crippen molar-refractivity contribution in [3.05, 3.63) is 23.9 Å². The Hall–Kier alpha value is -1.62. The summed E-state index contributed by atoms with van der Waals surface area (Å²) in [6.45, 7) is 6.18. The van der Waals surface area contributed by atoms with Crippen molar-refractivity contribution < 1.29 is 4.79 Å². The van der Waals surface area contributed by atoms with Gasteiger partial charge in [0.05, 0.1) is 0 Å². The van der Waals surface area contributed by atoms with Gasteiger partial charge < -0.3 is 15.5 Å². The number of hydrogen-bond acceptors (Lipinski definition) is 4. The van der Waals surface area contributed by atoms with E-state index in [1.807, 2.05) is 13.0 Å². The Labute approximate surface area is 145 Å². The van der Waals surface area contributed by atoms with E-state index in [-0.39, 0.29) is 5.91 Å². The third kappa shape index (κ3) is 4.94. The van der Waals surface area contributed by atoms with Crippen LogP contribution in [0.2, 0.25) is 0 Å². The average molecular weight is 330 g/mol. The van der Waals surface area contributed by atoms with Crippen LogP contribution in [0.1, 0.15) is 44.2 Å². The molecule has 1 aromatic heterocycles. The second-order valence-corrected chi connectivity index (χ2v) is 7.20. The highest BCUT2D eigenvalue weighted by molar-refractivity contribution is 5.76. The van der Waals surface area contributed by atoms with Crippen LogP contribution in [0, 0.1) is 12.8 Å². The first kappa shape index (κ1) is 17.2. The molecule has 5 nitrogen and oxygen atoms in total. The Bertz CT molecular complexity index is 534. The maximum atomic E-state index is 12.2. The Balaban J connectivity index is 1.38. The number of rotatable bonds is 5. The molecule has 5 heteroatoms. The molecule has 2 aliphatic heterocycles. The van der Waals surface area contributed by atoms with Gasteiger partial charge in [-0.2, -0.15) is 0 Å². The molecule has 1 amide bonds. The Morgan fingerprint density at radius 2 is 2.00 bits per heavy atom. The molecule has 0 aromatic carbocycles. The van der Waals surface area contributed by atoms with E-state index in [0.29, 0.717) is 12.5 Å². The molecule has 132 valence electrons. The van der Waals surface area contributed by atoms with Gasteiger partial charge >= 0.3 is 0 Å². The molecule has 3 heterocycles. The van der Waals surface area contributed by atoms with Gasteiger partial charge in [0.15, 0.2) is 0 Å². The lowest BCUT2D eigenvalue weighted by Crippen LogP contribution is -2.45. The normalized spacial score (nSPS) is 20.1. The van der Waals surface area contributed by atoms with Crippen LogP contribution in [0.4, 0.5) is 5.82 Å². The van der Waals surface area contributed by atoms with Crippen LogP contribution in [0.5, 0.6) is 0 Å². The quantitative estimate of drug-likeness (QED) is 0.869. The summed E-state index contributed by atoms with van der Waals surface area (Å²) in [6.07, 6.45) is 6.18. The van der Waals surface area contributed by atoms with Crippen molar-refractivity contribution in [1.82, 2.24) is 15.6 Å². The van der Waals surface area contributed by atoms with Crippen LogP contribution in [0.25, 0.3) is 0 Å². The highest BCUT2D eigenvalue weighted by Crippen LogP contribution is 2.20. The standard InChI is InChI=1S/C19H30N4O/c1-15-3-2-4-18(21-15)23-13-9-17(10-14-23)22-19(24)6-5-16-7-11-20-12-8-16/h2-4,16-17,20H,5-14H2,1H3,(H,22,24). The lowest BCUT2D eigenvalue weighted by atomic mass is 9.93. The molecule has 0 aliphatic carbocycles. The van der Waals surface area contributed by atoms with Crippen molar-refractivity contribution >= 4 is 11.7 Å². The first-order chi connectivity index (χ1) is 11.7. The summed E-state index contributed by atoms with van der Waals surface area (Å²) in [7, 11) is 0. The number of carbonyl (C=O) groups excluding carboxylic acids is 1. The highest BCUT2D eigenvalue weighted by Gasteiger charge is 2.22. The first-order valence-corrected chi connectivity index (χ1v) is 9.39. The molecular formula is C19H30N4O. The van der Waals surface area contributed by atoms with Crippen LogP contribution in [-0.4, -0.2) is 43.1 Å². The second-order valence-electron chi connectivity index (χ2n) is 7.20. The lowest BCUT2D eigenvalue weighted by molar-refractivity contribution is -0.122. The molecule has 2 fully saturated rings. The Morgan fingerprint density at radius 1 is 1.25 bits per heavy atom. The number of pyridine rings is 1. The van der Waals surface area contributed by atoms with E-state index in [1.165, 1.54) is 12.8 Å². The summed E-state index contributed by atoms with van der Waals surface area (Å²) >= 11 is 0. The zero-order chi connectivity index (χ0) is 16.8. The molecule has 1 aromatic rings. The van der Waals surface area contributed by atoms with Crippen molar-refractivity contribution in [3.63, 3.8) is 0 Å². The van der Waals surface area contributed by atoms with E-state index in [4.69, 9.17) is 0 Å². The van der Waals surface area contributed by atoms with E-state index >= 15 is 0 Å². The highest BCUT2D eigenvalue weighted by atomic mass is 16.1. The van der Waals surface area contributed by atoms with E-state index < -0.39 is 0 Å². The molecule has 2 aliphatic rings. The van der Waals surface area contributed by atoms with Crippen molar-refractivity contribution in [3.8, 4) is 0 Å². The molecule has 0 unspecified atom stereocenters. The molecule has 0 atom stereocenters. The van der Waals surface area contributed by atoms with Crippen LogP contribution >= 0.6 is 0 Å². The van der Waals surface area contributed by atoms with Crippen LogP contribution in [0.15, 0.2) is 18.2 Å². The monoisotopic (exact) mass is 330 g/mol. The van der Waals surface area contributed by atoms with Crippen molar-refractivity contribution in [2.45, 2.75) is 51.5 Å². The Kier molecular flexibility index (Phi) is 6.07. The second kappa shape index (κ2) is 8.47. The first-order valence-electron chi connectivity index (χ1n) is 9.39. The average Bonchev–Trinajstić information content (AvgIpc) is 2.61. The molecule has 2 N–H and O–H groups in total.